The highest BCUT2D eigenvalue weighted by molar-refractivity contribution is 7.04. The first-order valence-electron chi connectivity index (χ1n) is 10.4. The second kappa shape index (κ2) is 8.78. The normalized spacial score (nSPS) is 28.4. The minimum absolute atomic E-state index is 0.0225. The zero-order valence-corrected chi connectivity index (χ0v) is 17.3. The molecule has 0 radical (unpaired) electrons. The molecule has 0 aromatic carbocycles. The number of methoxy groups -OCH3 is 1. The van der Waals surface area contributed by atoms with E-state index in [0.29, 0.717) is 18.1 Å². The summed E-state index contributed by atoms with van der Waals surface area (Å²) in [6.45, 7) is 2.17. The van der Waals surface area contributed by atoms with Crippen LogP contribution in [0.5, 0.6) is 5.88 Å². The molecule has 0 aliphatic carbocycles. The fraction of sp³-hybridized carbons (Fsp3) is 0.750. The van der Waals surface area contributed by atoms with Gasteiger partial charge in [-0.15, -0.1) is 0 Å². The lowest BCUT2D eigenvalue weighted by molar-refractivity contribution is -0.152. The van der Waals surface area contributed by atoms with Gasteiger partial charge in [0.05, 0.1) is 19.2 Å². The Morgan fingerprint density at radius 2 is 1.82 bits per heavy atom. The molecular formula is C20H29N3O4S. The van der Waals surface area contributed by atoms with Crippen LogP contribution in [0.1, 0.15) is 61.7 Å². The lowest BCUT2D eigenvalue weighted by atomic mass is 9.91. The van der Waals surface area contributed by atoms with Crippen LogP contribution in [0.15, 0.2) is 5.38 Å². The van der Waals surface area contributed by atoms with E-state index in [1.165, 1.54) is 11.5 Å². The highest BCUT2D eigenvalue weighted by Crippen LogP contribution is 2.33. The topological polar surface area (TPSA) is 72.0 Å². The van der Waals surface area contributed by atoms with Crippen molar-refractivity contribution in [2.75, 3.05) is 26.8 Å². The third kappa shape index (κ3) is 3.76. The molecule has 0 bridgehead atoms. The van der Waals surface area contributed by atoms with Gasteiger partial charge in [-0.3, -0.25) is 9.59 Å². The Morgan fingerprint density at radius 3 is 2.61 bits per heavy atom. The van der Waals surface area contributed by atoms with Crippen LogP contribution in [0, 0.1) is 0 Å². The summed E-state index contributed by atoms with van der Waals surface area (Å²) in [5, 5.41) is 1.77. The Kier molecular flexibility index (Phi) is 6.16. The molecule has 2 amide bonds. The highest BCUT2D eigenvalue weighted by atomic mass is 32.1. The van der Waals surface area contributed by atoms with Gasteiger partial charge in [-0.05, 0) is 62.9 Å². The van der Waals surface area contributed by atoms with Gasteiger partial charge in [0, 0.05) is 25.1 Å². The van der Waals surface area contributed by atoms with Gasteiger partial charge >= 0.3 is 0 Å². The molecule has 3 aliphatic heterocycles. The van der Waals surface area contributed by atoms with Crippen molar-refractivity contribution >= 4 is 23.3 Å². The van der Waals surface area contributed by atoms with Crippen LogP contribution in [0.25, 0.3) is 0 Å². The molecule has 28 heavy (non-hydrogen) atoms. The molecule has 8 heteroatoms. The lowest BCUT2D eigenvalue weighted by Crippen LogP contribution is -2.59. The van der Waals surface area contributed by atoms with Gasteiger partial charge in [0.25, 0.3) is 11.8 Å². The number of fused-ring (bicyclic) bond motifs is 1. The van der Waals surface area contributed by atoms with Crippen LogP contribution in [-0.2, 0) is 9.53 Å². The summed E-state index contributed by atoms with van der Waals surface area (Å²) in [4.78, 5) is 30.5. The van der Waals surface area contributed by atoms with Gasteiger partial charge in [-0.1, -0.05) is 0 Å². The molecular weight excluding hydrogens is 378 g/mol. The summed E-state index contributed by atoms with van der Waals surface area (Å²) < 4.78 is 15.2. The van der Waals surface area contributed by atoms with Crippen LogP contribution < -0.4 is 4.74 Å². The number of likely N-dealkylation sites (tertiary alicyclic amines) is 2. The number of nitrogens with zero attached hydrogens (tertiary/aromatic N) is 3. The Bertz CT molecular complexity index is 703. The van der Waals surface area contributed by atoms with E-state index in [9.17, 15) is 9.59 Å². The fourth-order valence-corrected chi connectivity index (χ4v) is 5.49. The molecule has 0 N–H and O–H groups in total. The molecule has 0 spiro atoms. The van der Waals surface area contributed by atoms with E-state index in [4.69, 9.17) is 9.47 Å². The van der Waals surface area contributed by atoms with E-state index in [1.54, 1.807) is 12.5 Å². The first-order valence-corrected chi connectivity index (χ1v) is 11.3. The number of piperidine rings is 1. The van der Waals surface area contributed by atoms with E-state index in [1.807, 2.05) is 9.80 Å². The van der Waals surface area contributed by atoms with Gasteiger partial charge < -0.3 is 19.3 Å². The fourth-order valence-electron chi connectivity index (χ4n) is 4.87. The predicted octanol–water partition coefficient (Wildman–Crippen LogP) is 2.71. The van der Waals surface area contributed by atoms with Gasteiger partial charge in [-0.25, -0.2) is 0 Å². The summed E-state index contributed by atoms with van der Waals surface area (Å²) in [7, 11) is 1.54. The second-order valence-corrected chi connectivity index (χ2v) is 8.52. The van der Waals surface area contributed by atoms with Crippen molar-refractivity contribution in [3.8, 4) is 5.88 Å². The van der Waals surface area contributed by atoms with E-state index >= 15 is 0 Å². The Labute approximate surface area is 170 Å². The predicted molar refractivity (Wildman–Crippen MR) is 106 cm³/mol. The Hall–Kier alpha value is -1.67. The van der Waals surface area contributed by atoms with Crippen LogP contribution in [0.4, 0.5) is 0 Å². The molecule has 7 nitrogen and oxygen atoms in total. The van der Waals surface area contributed by atoms with Crippen molar-refractivity contribution in [2.24, 2.45) is 0 Å². The molecule has 1 aromatic heterocycles. The number of hydrogen-bond acceptors (Lipinski definition) is 6. The zero-order valence-electron chi connectivity index (χ0n) is 16.5. The number of ether oxygens (including phenoxy) is 2. The molecule has 0 saturated carbocycles. The standard InChI is InChI=1S/C20H29N3O4S/c1-26-18-14(13-28-21-18)19(24)22-10-4-2-7-15-16(22)8-6-11-23(15)20(25)17-9-3-5-12-27-17/h13,15-17H,2-12H2,1H3/t15-,16+,17?/m1/s1. The Balaban J connectivity index is 1.56. The van der Waals surface area contributed by atoms with Crippen LogP contribution in [-0.4, -0.2) is 71.0 Å². The molecule has 3 atom stereocenters. The molecule has 1 aromatic rings. The monoisotopic (exact) mass is 407 g/mol. The SMILES string of the molecule is COc1nscc1C(=O)N1CCCC[C@@H]2[C@@H]1CCCN2C(=O)C1CCCCO1. The maximum atomic E-state index is 13.3. The van der Waals surface area contributed by atoms with Crippen molar-refractivity contribution in [3.63, 3.8) is 0 Å². The van der Waals surface area contributed by atoms with Crippen molar-refractivity contribution in [1.29, 1.82) is 0 Å². The van der Waals surface area contributed by atoms with Crippen molar-refractivity contribution in [2.45, 2.75) is 69.6 Å². The average Bonchev–Trinajstić information content (AvgIpc) is 3.12. The minimum atomic E-state index is -0.305. The first kappa shape index (κ1) is 19.6. The molecule has 1 unspecified atom stereocenters. The minimum Gasteiger partial charge on any atom is -0.480 e. The van der Waals surface area contributed by atoms with Gasteiger partial charge in [-0.2, -0.15) is 4.37 Å². The smallest absolute Gasteiger partial charge is 0.260 e. The highest BCUT2D eigenvalue weighted by Gasteiger charge is 2.42. The number of aromatic nitrogens is 1. The summed E-state index contributed by atoms with van der Waals surface area (Å²) in [6, 6.07) is 0.136. The van der Waals surface area contributed by atoms with E-state index in [2.05, 4.69) is 4.37 Å². The maximum absolute atomic E-state index is 13.3. The van der Waals surface area contributed by atoms with E-state index in [0.717, 1.165) is 64.5 Å². The summed E-state index contributed by atoms with van der Waals surface area (Å²) in [5.74, 6) is 0.499. The van der Waals surface area contributed by atoms with Gasteiger partial charge in [0.2, 0.25) is 5.88 Å². The lowest BCUT2D eigenvalue weighted by Gasteiger charge is -2.46. The molecule has 3 saturated heterocycles. The number of carbonyl (C=O) groups is 2. The van der Waals surface area contributed by atoms with E-state index < -0.39 is 0 Å². The summed E-state index contributed by atoms with van der Waals surface area (Å²) in [6.07, 6.45) is 7.39. The third-order valence-corrected chi connectivity index (χ3v) is 6.86. The van der Waals surface area contributed by atoms with Crippen LogP contribution >= 0.6 is 11.5 Å². The first-order chi connectivity index (χ1) is 13.7. The summed E-state index contributed by atoms with van der Waals surface area (Å²) >= 11 is 1.24. The van der Waals surface area contributed by atoms with Gasteiger partial charge in [0.1, 0.15) is 11.7 Å². The number of amides is 2. The molecule has 3 fully saturated rings. The third-order valence-electron chi connectivity index (χ3n) is 6.25. The van der Waals surface area contributed by atoms with Crippen LogP contribution in [0.2, 0.25) is 0 Å². The molecule has 4 rings (SSSR count). The maximum Gasteiger partial charge on any atom is 0.260 e. The van der Waals surface area contributed by atoms with Crippen molar-refractivity contribution in [3.05, 3.63) is 10.9 Å². The largest absolute Gasteiger partial charge is 0.480 e. The molecule has 154 valence electrons. The number of carbonyl (C=O) groups excluding carboxylic acids is 2. The van der Waals surface area contributed by atoms with Crippen LogP contribution in [0.3, 0.4) is 0 Å². The quantitative estimate of drug-likeness (QED) is 0.770. The zero-order chi connectivity index (χ0) is 19.5. The number of rotatable bonds is 3. The summed E-state index contributed by atoms with van der Waals surface area (Å²) in [5.41, 5.74) is 0.534. The second-order valence-electron chi connectivity index (χ2n) is 7.90. The molecule has 3 aliphatic rings. The number of hydrogen-bond donors (Lipinski definition) is 0. The average molecular weight is 408 g/mol. The van der Waals surface area contributed by atoms with E-state index in [-0.39, 0.29) is 30.0 Å². The van der Waals surface area contributed by atoms with Gasteiger partial charge in [0.15, 0.2) is 0 Å². The Morgan fingerprint density at radius 1 is 1.07 bits per heavy atom. The van der Waals surface area contributed by atoms with Crippen molar-refractivity contribution in [1.82, 2.24) is 14.2 Å². The van der Waals surface area contributed by atoms with Crippen molar-refractivity contribution < 1.29 is 19.1 Å². The molecule has 4 heterocycles.